The number of hydrogen-bond acceptors (Lipinski definition) is 0. The fourth-order valence-corrected chi connectivity index (χ4v) is 5.18. The molecule has 0 spiro atoms. The van der Waals surface area contributed by atoms with E-state index in [0.717, 1.165) is 29.6 Å². The highest BCUT2D eigenvalue weighted by Crippen LogP contribution is 2.35. The van der Waals surface area contributed by atoms with Gasteiger partial charge in [0.2, 0.25) is 0 Å². The van der Waals surface area contributed by atoms with Crippen LogP contribution in [0.4, 0.5) is 0 Å². The van der Waals surface area contributed by atoms with E-state index in [1.165, 1.54) is 96.3 Å². The number of rotatable bonds is 3. The summed E-state index contributed by atoms with van der Waals surface area (Å²) in [6.45, 7) is 2.40. The zero-order valence-corrected chi connectivity index (χ0v) is 15.5. The Morgan fingerprint density at radius 1 is 0.565 bits per heavy atom. The predicted octanol–water partition coefficient (Wildman–Crippen LogP) is 6.98. The van der Waals surface area contributed by atoms with Crippen molar-refractivity contribution in [2.45, 2.75) is 103 Å². The summed E-state index contributed by atoms with van der Waals surface area (Å²) < 4.78 is 0. The van der Waals surface area contributed by atoms with E-state index in [9.17, 15) is 0 Å². The van der Waals surface area contributed by atoms with Gasteiger partial charge in [-0.3, -0.25) is 0 Å². The summed E-state index contributed by atoms with van der Waals surface area (Å²) in [4.78, 5) is 0. The molecular weight excluding hydrogens is 276 g/mol. The molecule has 0 radical (unpaired) electrons. The average Bonchev–Trinajstić information content (AvgIpc) is 2.61. The molecule has 3 fully saturated rings. The van der Waals surface area contributed by atoms with E-state index in [2.05, 4.69) is 18.8 Å². The molecule has 0 bridgehead atoms. The monoisotopic (exact) mass is 314 g/mol. The van der Waals surface area contributed by atoms with Gasteiger partial charge in [-0.05, 0) is 69.1 Å². The van der Waals surface area contributed by atoms with Gasteiger partial charge < -0.3 is 0 Å². The van der Waals surface area contributed by atoms with Crippen LogP contribution >= 0.6 is 0 Å². The van der Waals surface area contributed by atoms with Crippen molar-refractivity contribution in [1.82, 2.24) is 0 Å². The lowest BCUT2D eigenvalue weighted by Gasteiger charge is -2.28. The minimum atomic E-state index is 0.732. The Morgan fingerprint density at radius 3 is 1.61 bits per heavy atom. The lowest BCUT2D eigenvalue weighted by molar-refractivity contribution is 0.256. The van der Waals surface area contributed by atoms with Crippen LogP contribution in [-0.2, 0) is 0 Å². The Morgan fingerprint density at radius 2 is 1.04 bits per heavy atom. The molecule has 0 unspecified atom stereocenters. The van der Waals surface area contributed by atoms with Crippen LogP contribution in [0.1, 0.15) is 103 Å². The van der Waals surface area contributed by atoms with Crippen LogP contribution in [0.3, 0.4) is 0 Å². The minimum absolute atomic E-state index is 0.732. The molecule has 0 aliphatic heterocycles. The SMILES string of the molecule is CC1CCC(C#CC2CCC(CCC3CCCCC3)CC2)CC1. The van der Waals surface area contributed by atoms with Crippen molar-refractivity contribution in [3.63, 3.8) is 0 Å². The molecule has 0 saturated heterocycles. The third kappa shape index (κ3) is 5.85. The summed E-state index contributed by atoms with van der Waals surface area (Å²) in [7, 11) is 0. The fourth-order valence-electron chi connectivity index (χ4n) is 5.18. The van der Waals surface area contributed by atoms with Crippen molar-refractivity contribution in [1.29, 1.82) is 0 Å². The standard InChI is InChI=1S/C23H38/c1-19-7-9-21(10-8-19)13-14-23-17-15-22(16-18-23)12-11-20-5-3-2-4-6-20/h19-23H,2-12,15-18H2,1H3. The quantitative estimate of drug-likeness (QED) is 0.493. The first-order valence-corrected chi connectivity index (χ1v) is 10.8. The second-order valence-electron chi connectivity index (χ2n) is 9.04. The van der Waals surface area contributed by atoms with E-state index < -0.39 is 0 Å². The van der Waals surface area contributed by atoms with E-state index >= 15 is 0 Å². The van der Waals surface area contributed by atoms with Crippen LogP contribution < -0.4 is 0 Å². The van der Waals surface area contributed by atoms with E-state index in [4.69, 9.17) is 0 Å². The fraction of sp³-hybridized carbons (Fsp3) is 0.913. The average molecular weight is 315 g/mol. The Bertz CT molecular complexity index is 376. The molecule has 0 aromatic rings. The molecule has 0 N–H and O–H groups in total. The molecule has 0 atom stereocenters. The summed E-state index contributed by atoms with van der Waals surface area (Å²) in [6.07, 6.45) is 21.9. The lowest BCUT2D eigenvalue weighted by atomic mass is 9.77. The molecule has 0 aromatic carbocycles. The summed E-state index contributed by atoms with van der Waals surface area (Å²) in [5, 5.41) is 0. The van der Waals surface area contributed by atoms with Gasteiger partial charge in [0.25, 0.3) is 0 Å². The van der Waals surface area contributed by atoms with Crippen molar-refractivity contribution in [3.8, 4) is 11.8 Å². The molecule has 3 saturated carbocycles. The van der Waals surface area contributed by atoms with Crippen LogP contribution in [0.25, 0.3) is 0 Å². The van der Waals surface area contributed by atoms with Gasteiger partial charge in [-0.25, -0.2) is 0 Å². The van der Waals surface area contributed by atoms with E-state index in [-0.39, 0.29) is 0 Å². The maximum atomic E-state index is 3.68. The van der Waals surface area contributed by atoms with Gasteiger partial charge in [0.15, 0.2) is 0 Å². The van der Waals surface area contributed by atoms with Gasteiger partial charge in [-0.15, -0.1) is 0 Å². The van der Waals surface area contributed by atoms with Crippen molar-refractivity contribution >= 4 is 0 Å². The van der Waals surface area contributed by atoms with Crippen LogP contribution in [0.5, 0.6) is 0 Å². The highest BCUT2D eigenvalue weighted by molar-refractivity contribution is 5.09. The summed E-state index contributed by atoms with van der Waals surface area (Å²) >= 11 is 0. The topological polar surface area (TPSA) is 0 Å². The summed E-state index contributed by atoms with van der Waals surface area (Å²) in [5.41, 5.74) is 0. The Kier molecular flexibility index (Phi) is 6.92. The predicted molar refractivity (Wildman–Crippen MR) is 100 cm³/mol. The summed E-state index contributed by atoms with van der Waals surface area (Å²) in [6, 6.07) is 0. The van der Waals surface area contributed by atoms with Gasteiger partial charge in [-0.2, -0.15) is 0 Å². The molecule has 0 amide bonds. The minimum Gasteiger partial charge on any atom is -0.0996 e. The maximum absolute atomic E-state index is 3.68. The first-order chi connectivity index (χ1) is 11.3. The van der Waals surface area contributed by atoms with Crippen LogP contribution in [0.2, 0.25) is 0 Å². The van der Waals surface area contributed by atoms with Crippen LogP contribution in [0, 0.1) is 41.4 Å². The van der Waals surface area contributed by atoms with Crippen molar-refractivity contribution < 1.29 is 0 Å². The first-order valence-electron chi connectivity index (χ1n) is 10.8. The van der Waals surface area contributed by atoms with Crippen molar-refractivity contribution in [3.05, 3.63) is 0 Å². The second-order valence-corrected chi connectivity index (χ2v) is 9.04. The smallest absolute Gasteiger partial charge is 0.0203 e. The molecule has 0 aromatic heterocycles. The van der Waals surface area contributed by atoms with E-state index in [1.54, 1.807) is 0 Å². The van der Waals surface area contributed by atoms with Gasteiger partial charge in [0.05, 0.1) is 0 Å². The normalized spacial score (nSPS) is 36.2. The zero-order valence-electron chi connectivity index (χ0n) is 15.5. The third-order valence-corrected chi connectivity index (χ3v) is 7.06. The molecule has 3 aliphatic carbocycles. The van der Waals surface area contributed by atoms with E-state index in [0.29, 0.717) is 0 Å². The van der Waals surface area contributed by atoms with Crippen molar-refractivity contribution in [2.24, 2.45) is 29.6 Å². The van der Waals surface area contributed by atoms with Gasteiger partial charge in [0.1, 0.15) is 0 Å². The van der Waals surface area contributed by atoms with Gasteiger partial charge in [-0.1, -0.05) is 63.7 Å². The Balaban J connectivity index is 1.32. The highest BCUT2D eigenvalue weighted by Gasteiger charge is 2.22. The van der Waals surface area contributed by atoms with Gasteiger partial charge in [0, 0.05) is 11.8 Å². The van der Waals surface area contributed by atoms with Gasteiger partial charge >= 0.3 is 0 Å². The number of hydrogen-bond donors (Lipinski definition) is 0. The second kappa shape index (κ2) is 9.15. The molecule has 0 nitrogen and oxygen atoms in total. The molecular formula is C23H38. The van der Waals surface area contributed by atoms with Crippen molar-refractivity contribution in [2.75, 3.05) is 0 Å². The first kappa shape index (κ1) is 17.4. The Hall–Kier alpha value is -0.440. The molecule has 130 valence electrons. The largest absolute Gasteiger partial charge is 0.0996 e. The van der Waals surface area contributed by atoms with E-state index in [1.807, 2.05) is 0 Å². The Labute approximate surface area is 145 Å². The maximum Gasteiger partial charge on any atom is 0.0203 e. The molecule has 3 rings (SSSR count). The summed E-state index contributed by atoms with van der Waals surface area (Å²) in [5.74, 6) is 11.9. The third-order valence-electron chi connectivity index (χ3n) is 7.06. The zero-order chi connectivity index (χ0) is 15.9. The molecule has 23 heavy (non-hydrogen) atoms. The lowest BCUT2D eigenvalue weighted by Crippen LogP contribution is -2.16. The highest BCUT2D eigenvalue weighted by atomic mass is 14.3. The van der Waals surface area contributed by atoms with Crippen LogP contribution in [0.15, 0.2) is 0 Å². The molecule has 3 aliphatic rings. The molecule has 0 heteroatoms. The molecule has 0 heterocycles. The van der Waals surface area contributed by atoms with Crippen LogP contribution in [-0.4, -0.2) is 0 Å².